The largest absolute Gasteiger partial charge is 0.378 e. The van der Waals surface area contributed by atoms with E-state index in [4.69, 9.17) is 4.74 Å². The first-order valence-corrected chi connectivity index (χ1v) is 9.06. The van der Waals surface area contributed by atoms with Gasteiger partial charge in [0.25, 0.3) is 10.0 Å². The summed E-state index contributed by atoms with van der Waals surface area (Å²) in [5.74, 6) is 0.494. The molecule has 6 nitrogen and oxygen atoms in total. The highest BCUT2D eigenvalue weighted by Crippen LogP contribution is 2.26. The molecule has 0 amide bonds. The molecule has 1 saturated heterocycles. The SMILES string of the molecule is CCOC1CCN(CC2=NS(=O)(=O)c3ccccc3N2)CC1. The number of hydrogen-bond donors (Lipinski definition) is 1. The van der Waals surface area contributed by atoms with Gasteiger partial charge < -0.3 is 10.1 Å². The van der Waals surface area contributed by atoms with Crippen LogP contribution in [0.25, 0.3) is 0 Å². The average Bonchev–Trinajstić information content (AvgIpc) is 2.49. The molecule has 0 spiro atoms. The van der Waals surface area contributed by atoms with Gasteiger partial charge in [0, 0.05) is 19.7 Å². The number of para-hydroxylation sites is 1. The van der Waals surface area contributed by atoms with Gasteiger partial charge in [-0.05, 0) is 31.9 Å². The fraction of sp³-hybridized carbons (Fsp3) is 0.533. The van der Waals surface area contributed by atoms with E-state index in [9.17, 15) is 8.42 Å². The van der Waals surface area contributed by atoms with Gasteiger partial charge in [0.1, 0.15) is 10.7 Å². The monoisotopic (exact) mass is 323 g/mol. The number of anilines is 1. The van der Waals surface area contributed by atoms with E-state index in [2.05, 4.69) is 14.6 Å². The molecule has 0 radical (unpaired) electrons. The molecule has 2 heterocycles. The van der Waals surface area contributed by atoms with Crippen molar-refractivity contribution in [1.82, 2.24) is 4.90 Å². The summed E-state index contributed by atoms with van der Waals surface area (Å²) in [5, 5.41) is 3.13. The Morgan fingerprint density at radius 2 is 2.05 bits per heavy atom. The lowest BCUT2D eigenvalue weighted by molar-refractivity contribution is 0.0175. The molecule has 22 heavy (non-hydrogen) atoms. The zero-order valence-electron chi connectivity index (χ0n) is 12.7. The second-order valence-electron chi connectivity index (χ2n) is 5.57. The Kier molecular flexibility index (Phi) is 4.46. The van der Waals surface area contributed by atoms with Crippen LogP contribution in [0, 0.1) is 0 Å². The first-order valence-electron chi connectivity index (χ1n) is 7.62. The maximum atomic E-state index is 12.2. The zero-order chi connectivity index (χ0) is 15.6. The molecule has 0 atom stereocenters. The van der Waals surface area contributed by atoms with Crippen molar-refractivity contribution in [3.05, 3.63) is 24.3 Å². The van der Waals surface area contributed by atoms with E-state index in [0.29, 0.717) is 24.2 Å². The molecule has 0 aromatic heterocycles. The number of sulfonamides is 1. The summed E-state index contributed by atoms with van der Waals surface area (Å²) in [4.78, 5) is 2.46. The molecule has 7 heteroatoms. The Hall–Kier alpha value is -1.44. The normalized spacial score (nSPS) is 21.8. The number of benzene rings is 1. The zero-order valence-corrected chi connectivity index (χ0v) is 13.5. The van der Waals surface area contributed by atoms with Gasteiger partial charge >= 0.3 is 0 Å². The average molecular weight is 323 g/mol. The quantitative estimate of drug-likeness (QED) is 0.913. The Balaban J connectivity index is 1.67. The van der Waals surface area contributed by atoms with Crippen LogP contribution in [0.15, 0.2) is 33.6 Å². The Morgan fingerprint density at radius 1 is 1.32 bits per heavy atom. The smallest absolute Gasteiger partial charge is 0.286 e. The van der Waals surface area contributed by atoms with Gasteiger partial charge in [-0.2, -0.15) is 8.42 Å². The topological polar surface area (TPSA) is 71.0 Å². The maximum absolute atomic E-state index is 12.2. The van der Waals surface area contributed by atoms with Crippen molar-refractivity contribution >= 4 is 21.5 Å². The summed E-state index contributed by atoms with van der Waals surface area (Å²) in [6.07, 6.45) is 2.28. The summed E-state index contributed by atoms with van der Waals surface area (Å²) in [6.45, 7) is 5.07. The Bertz CT molecular complexity index is 664. The molecule has 1 aromatic rings. The van der Waals surface area contributed by atoms with E-state index in [1.54, 1.807) is 18.2 Å². The molecule has 3 rings (SSSR count). The van der Waals surface area contributed by atoms with Crippen LogP contribution < -0.4 is 5.32 Å². The maximum Gasteiger partial charge on any atom is 0.286 e. The van der Waals surface area contributed by atoms with E-state index in [-0.39, 0.29) is 4.90 Å². The van der Waals surface area contributed by atoms with Crippen LogP contribution >= 0.6 is 0 Å². The summed E-state index contributed by atoms with van der Waals surface area (Å²) in [7, 11) is -3.59. The van der Waals surface area contributed by atoms with Crippen molar-refractivity contribution in [1.29, 1.82) is 0 Å². The van der Waals surface area contributed by atoms with E-state index in [1.807, 2.05) is 13.0 Å². The molecule has 0 saturated carbocycles. The standard InChI is InChI=1S/C15H21N3O3S/c1-2-21-12-7-9-18(10-8-12)11-15-16-13-5-3-4-6-14(13)22(19,20)17-15/h3-6,12H,2,7-11H2,1H3,(H,16,17). The van der Waals surface area contributed by atoms with E-state index in [0.717, 1.165) is 32.5 Å². The van der Waals surface area contributed by atoms with Crippen LogP contribution in [-0.2, 0) is 14.8 Å². The molecule has 0 unspecified atom stereocenters. The number of nitrogens with zero attached hydrogens (tertiary/aromatic N) is 2. The van der Waals surface area contributed by atoms with E-state index < -0.39 is 10.0 Å². The number of hydrogen-bond acceptors (Lipinski definition) is 5. The van der Waals surface area contributed by atoms with Crippen molar-refractivity contribution in [3.63, 3.8) is 0 Å². The molecule has 1 aromatic carbocycles. The fourth-order valence-corrected chi connectivity index (χ4v) is 4.06. The molecular weight excluding hydrogens is 302 g/mol. The molecule has 0 bridgehead atoms. The number of likely N-dealkylation sites (tertiary alicyclic amines) is 1. The summed E-state index contributed by atoms with van der Waals surface area (Å²) in [6, 6.07) is 6.86. The van der Waals surface area contributed by atoms with Crippen LogP contribution in [0.5, 0.6) is 0 Å². The molecule has 1 fully saturated rings. The third kappa shape index (κ3) is 3.31. The fourth-order valence-electron chi connectivity index (χ4n) is 2.92. The number of amidine groups is 1. The minimum Gasteiger partial charge on any atom is -0.378 e. The van der Waals surface area contributed by atoms with Crippen molar-refractivity contribution in [2.45, 2.75) is 30.8 Å². The molecule has 0 aliphatic carbocycles. The van der Waals surface area contributed by atoms with E-state index in [1.165, 1.54) is 0 Å². The lowest BCUT2D eigenvalue weighted by Gasteiger charge is -2.32. The molecule has 1 N–H and O–H groups in total. The number of fused-ring (bicyclic) bond motifs is 1. The lowest BCUT2D eigenvalue weighted by Crippen LogP contribution is -2.42. The van der Waals surface area contributed by atoms with Crippen LogP contribution in [0.3, 0.4) is 0 Å². The Labute approximate surface area is 131 Å². The minimum absolute atomic E-state index is 0.244. The summed E-state index contributed by atoms with van der Waals surface area (Å²) >= 11 is 0. The molecular formula is C15H21N3O3S. The Morgan fingerprint density at radius 3 is 2.77 bits per heavy atom. The number of rotatable bonds is 4. The highest BCUT2D eigenvalue weighted by atomic mass is 32.2. The molecule has 2 aliphatic rings. The van der Waals surface area contributed by atoms with Crippen LogP contribution in [0.2, 0.25) is 0 Å². The van der Waals surface area contributed by atoms with Crippen LogP contribution in [-0.4, -0.2) is 51.5 Å². The number of ether oxygens (including phenoxy) is 1. The van der Waals surface area contributed by atoms with Crippen molar-refractivity contribution in [2.75, 3.05) is 31.6 Å². The summed E-state index contributed by atoms with van der Waals surface area (Å²) < 4.78 is 33.9. The van der Waals surface area contributed by atoms with Gasteiger partial charge in [0.2, 0.25) is 0 Å². The number of piperidine rings is 1. The first-order chi connectivity index (χ1) is 10.6. The van der Waals surface area contributed by atoms with Gasteiger partial charge in [-0.3, -0.25) is 4.90 Å². The third-order valence-electron chi connectivity index (χ3n) is 3.98. The van der Waals surface area contributed by atoms with Crippen molar-refractivity contribution < 1.29 is 13.2 Å². The molecule has 120 valence electrons. The lowest BCUT2D eigenvalue weighted by atomic mass is 10.1. The number of nitrogens with one attached hydrogen (secondary N) is 1. The second kappa shape index (κ2) is 6.36. The van der Waals surface area contributed by atoms with E-state index >= 15 is 0 Å². The van der Waals surface area contributed by atoms with Crippen LogP contribution in [0.4, 0.5) is 5.69 Å². The highest BCUT2D eigenvalue weighted by Gasteiger charge is 2.26. The summed E-state index contributed by atoms with van der Waals surface area (Å²) in [5.41, 5.74) is 0.608. The second-order valence-corrected chi connectivity index (χ2v) is 7.14. The van der Waals surface area contributed by atoms with Gasteiger partial charge in [0.05, 0.1) is 18.3 Å². The van der Waals surface area contributed by atoms with Crippen LogP contribution in [0.1, 0.15) is 19.8 Å². The minimum atomic E-state index is -3.59. The van der Waals surface area contributed by atoms with Crippen molar-refractivity contribution in [3.8, 4) is 0 Å². The first kappa shape index (κ1) is 15.5. The highest BCUT2D eigenvalue weighted by molar-refractivity contribution is 7.90. The third-order valence-corrected chi connectivity index (χ3v) is 5.36. The van der Waals surface area contributed by atoms with Gasteiger partial charge in [0.15, 0.2) is 0 Å². The van der Waals surface area contributed by atoms with Gasteiger partial charge in [-0.1, -0.05) is 12.1 Å². The predicted octanol–water partition coefficient (Wildman–Crippen LogP) is 1.70. The molecule has 2 aliphatic heterocycles. The predicted molar refractivity (Wildman–Crippen MR) is 85.8 cm³/mol. The van der Waals surface area contributed by atoms with Gasteiger partial charge in [-0.25, -0.2) is 0 Å². The van der Waals surface area contributed by atoms with Gasteiger partial charge in [-0.15, -0.1) is 4.40 Å². The van der Waals surface area contributed by atoms with Crippen molar-refractivity contribution in [2.24, 2.45) is 4.40 Å².